The third-order valence-electron chi connectivity index (χ3n) is 4.45. The number of rotatable bonds is 5. The molecule has 2 aromatic carbocycles. The first kappa shape index (κ1) is 20.4. The number of carbonyl (C=O) groups excluding carboxylic acids is 2. The van der Waals surface area contributed by atoms with Crippen LogP contribution in [0.3, 0.4) is 0 Å². The van der Waals surface area contributed by atoms with Crippen molar-refractivity contribution in [3.05, 3.63) is 86.0 Å². The van der Waals surface area contributed by atoms with Gasteiger partial charge in [0.25, 0.3) is 11.1 Å². The standard InChI is InChI=1S/C22H14INO5S/c23-14-7-5-13(6-8-14)12-24-20(25)19(30-22(24)28)11-15-9-10-18(29-15)16-3-1-2-4-17(16)21(26)27/h1-11H,12H2,(H,26,27)/b19-11-. The summed E-state index contributed by atoms with van der Waals surface area (Å²) in [4.78, 5) is 37.9. The van der Waals surface area contributed by atoms with Crippen molar-refractivity contribution in [2.45, 2.75) is 6.54 Å². The van der Waals surface area contributed by atoms with E-state index < -0.39 is 5.97 Å². The van der Waals surface area contributed by atoms with Gasteiger partial charge in [0, 0.05) is 15.2 Å². The van der Waals surface area contributed by atoms with Gasteiger partial charge >= 0.3 is 5.97 Å². The number of hydrogen-bond acceptors (Lipinski definition) is 5. The minimum Gasteiger partial charge on any atom is -0.478 e. The minimum absolute atomic E-state index is 0.122. The second-order valence-electron chi connectivity index (χ2n) is 6.45. The highest BCUT2D eigenvalue weighted by atomic mass is 127. The summed E-state index contributed by atoms with van der Waals surface area (Å²) < 4.78 is 6.81. The number of benzene rings is 2. The molecule has 2 heterocycles. The molecule has 1 N–H and O–H groups in total. The van der Waals surface area contributed by atoms with E-state index in [4.69, 9.17) is 4.42 Å². The normalized spacial score (nSPS) is 15.2. The number of furan rings is 1. The third kappa shape index (κ3) is 4.19. The number of carboxylic acids is 1. The van der Waals surface area contributed by atoms with Crippen LogP contribution in [0, 0.1) is 3.57 Å². The summed E-state index contributed by atoms with van der Waals surface area (Å²) in [5.74, 6) is -0.699. The molecule has 1 saturated heterocycles. The van der Waals surface area contributed by atoms with Crippen LogP contribution in [0.25, 0.3) is 17.4 Å². The van der Waals surface area contributed by atoms with Crippen LogP contribution in [-0.2, 0) is 11.3 Å². The first-order chi connectivity index (χ1) is 14.4. The van der Waals surface area contributed by atoms with E-state index in [0.29, 0.717) is 17.1 Å². The highest BCUT2D eigenvalue weighted by Gasteiger charge is 2.35. The zero-order chi connectivity index (χ0) is 21.3. The van der Waals surface area contributed by atoms with Gasteiger partial charge in [0.2, 0.25) is 0 Å². The lowest BCUT2D eigenvalue weighted by Crippen LogP contribution is -2.27. The van der Waals surface area contributed by atoms with E-state index in [1.165, 1.54) is 17.0 Å². The van der Waals surface area contributed by atoms with Crippen LogP contribution in [0.15, 0.2) is 70.0 Å². The van der Waals surface area contributed by atoms with Crippen LogP contribution in [0.2, 0.25) is 0 Å². The Morgan fingerprint density at radius 1 is 1.07 bits per heavy atom. The Morgan fingerprint density at radius 3 is 2.53 bits per heavy atom. The van der Waals surface area contributed by atoms with Crippen LogP contribution in [-0.4, -0.2) is 27.1 Å². The van der Waals surface area contributed by atoms with Crippen molar-refractivity contribution in [2.24, 2.45) is 0 Å². The number of carboxylic acid groups (broad SMARTS) is 1. The Labute approximate surface area is 189 Å². The molecule has 150 valence electrons. The Morgan fingerprint density at radius 2 is 1.80 bits per heavy atom. The summed E-state index contributed by atoms with van der Waals surface area (Å²) in [6.07, 6.45) is 1.51. The number of aromatic carboxylic acids is 1. The second-order valence-corrected chi connectivity index (χ2v) is 8.69. The number of halogens is 1. The smallest absolute Gasteiger partial charge is 0.336 e. The Balaban J connectivity index is 1.56. The van der Waals surface area contributed by atoms with E-state index in [2.05, 4.69) is 22.6 Å². The molecule has 1 aliphatic rings. The lowest BCUT2D eigenvalue weighted by Gasteiger charge is -2.12. The number of hydrogen-bond donors (Lipinski definition) is 1. The predicted octanol–water partition coefficient (Wildman–Crippen LogP) is 5.49. The molecule has 0 atom stereocenters. The fourth-order valence-electron chi connectivity index (χ4n) is 3.00. The Bertz CT molecular complexity index is 1180. The first-order valence-corrected chi connectivity index (χ1v) is 10.7. The molecule has 2 amide bonds. The van der Waals surface area contributed by atoms with Gasteiger partial charge in [0.1, 0.15) is 11.5 Å². The maximum Gasteiger partial charge on any atom is 0.336 e. The summed E-state index contributed by atoms with van der Waals surface area (Å²) in [5.41, 5.74) is 1.43. The zero-order valence-corrected chi connectivity index (χ0v) is 18.3. The van der Waals surface area contributed by atoms with E-state index in [9.17, 15) is 19.5 Å². The second kappa shape index (κ2) is 8.49. The van der Waals surface area contributed by atoms with E-state index in [1.807, 2.05) is 24.3 Å². The van der Waals surface area contributed by atoms with Crippen molar-refractivity contribution < 1.29 is 23.9 Å². The fraction of sp³-hybridized carbons (Fsp3) is 0.0455. The highest BCUT2D eigenvalue weighted by Crippen LogP contribution is 2.34. The van der Waals surface area contributed by atoms with Gasteiger partial charge in [-0.05, 0) is 70.2 Å². The van der Waals surface area contributed by atoms with Crippen LogP contribution >= 0.6 is 34.4 Å². The van der Waals surface area contributed by atoms with Crippen molar-refractivity contribution in [3.8, 4) is 11.3 Å². The molecule has 0 aliphatic carbocycles. The number of amides is 2. The molecule has 1 aliphatic heterocycles. The summed E-state index contributed by atoms with van der Waals surface area (Å²) in [5, 5.41) is 9.01. The number of carbonyl (C=O) groups is 3. The summed E-state index contributed by atoms with van der Waals surface area (Å²) in [7, 11) is 0. The fourth-order valence-corrected chi connectivity index (χ4v) is 4.18. The van der Waals surface area contributed by atoms with E-state index in [-0.39, 0.29) is 28.2 Å². The highest BCUT2D eigenvalue weighted by molar-refractivity contribution is 14.1. The number of nitrogens with zero attached hydrogens (tertiary/aromatic N) is 1. The lowest BCUT2D eigenvalue weighted by atomic mass is 10.1. The first-order valence-electron chi connectivity index (χ1n) is 8.85. The van der Waals surface area contributed by atoms with Gasteiger partial charge in [-0.25, -0.2) is 4.79 Å². The van der Waals surface area contributed by atoms with E-state index >= 15 is 0 Å². The molecule has 4 rings (SSSR count). The SMILES string of the molecule is O=C(O)c1ccccc1-c1ccc(/C=C2\SC(=O)N(Cc3ccc(I)cc3)C2=O)o1. The van der Waals surface area contributed by atoms with Crippen molar-refractivity contribution in [3.63, 3.8) is 0 Å². The van der Waals surface area contributed by atoms with Gasteiger partial charge in [-0.2, -0.15) is 0 Å². The molecule has 8 heteroatoms. The maximum absolute atomic E-state index is 12.7. The lowest BCUT2D eigenvalue weighted by molar-refractivity contribution is -0.123. The molecule has 0 unspecified atom stereocenters. The van der Waals surface area contributed by atoms with Gasteiger partial charge in [-0.1, -0.05) is 30.3 Å². The largest absolute Gasteiger partial charge is 0.478 e. The summed E-state index contributed by atoms with van der Waals surface area (Å²) in [6, 6.07) is 17.4. The van der Waals surface area contributed by atoms with E-state index in [1.54, 1.807) is 30.3 Å². The average molecular weight is 531 g/mol. The van der Waals surface area contributed by atoms with Crippen LogP contribution in [0.1, 0.15) is 21.7 Å². The van der Waals surface area contributed by atoms with Crippen molar-refractivity contribution in [1.29, 1.82) is 0 Å². The van der Waals surface area contributed by atoms with Crippen LogP contribution < -0.4 is 0 Å². The van der Waals surface area contributed by atoms with Gasteiger partial charge < -0.3 is 9.52 Å². The molecule has 0 saturated carbocycles. The van der Waals surface area contributed by atoms with Gasteiger partial charge in [-0.15, -0.1) is 0 Å². The Hall–Kier alpha value is -2.85. The molecule has 0 bridgehead atoms. The molecule has 30 heavy (non-hydrogen) atoms. The van der Waals surface area contributed by atoms with Crippen molar-refractivity contribution in [1.82, 2.24) is 4.90 Å². The number of imide groups is 1. The van der Waals surface area contributed by atoms with E-state index in [0.717, 1.165) is 20.9 Å². The quantitative estimate of drug-likeness (QED) is 0.346. The molecule has 1 fully saturated rings. The van der Waals surface area contributed by atoms with Crippen molar-refractivity contribution in [2.75, 3.05) is 0 Å². The topological polar surface area (TPSA) is 87.8 Å². The summed E-state index contributed by atoms with van der Waals surface area (Å²) >= 11 is 3.05. The molecule has 3 aromatic rings. The van der Waals surface area contributed by atoms with Gasteiger partial charge in [0.05, 0.1) is 17.0 Å². The average Bonchev–Trinajstić information content (AvgIpc) is 3.30. The monoisotopic (exact) mass is 531 g/mol. The predicted molar refractivity (Wildman–Crippen MR) is 122 cm³/mol. The Kier molecular flexibility index (Phi) is 5.78. The molecule has 0 spiro atoms. The van der Waals surface area contributed by atoms with Gasteiger partial charge in [-0.3, -0.25) is 14.5 Å². The molecular weight excluding hydrogens is 517 g/mol. The molecule has 6 nitrogen and oxygen atoms in total. The van der Waals surface area contributed by atoms with Gasteiger partial charge in [0.15, 0.2) is 0 Å². The number of thioether (sulfide) groups is 1. The third-order valence-corrected chi connectivity index (χ3v) is 6.08. The zero-order valence-electron chi connectivity index (χ0n) is 15.4. The van der Waals surface area contributed by atoms with Crippen LogP contribution in [0.4, 0.5) is 4.79 Å². The summed E-state index contributed by atoms with van der Waals surface area (Å²) in [6.45, 7) is 0.203. The molecule has 0 radical (unpaired) electrons. The molecular formula is C22H14INO5S. The van der Waals surface area contributed by atoms with Crippen LogP contribution in [0.5, 0.6) is 0 Å². The minimum atomic E-state index is -1.06. The maximum atomic E-state index is 12.7. The molecule has 1 aromatic heterocycles. The van der Waals surface area contributed by atoms with Crippen molar-refractivity contribution >= 4 is 57.5 Å².